The molecule has 0 heterocycles. The van der Waals surface area contributed by atoms with E-state index in [1.54, 1.807) is 0 Å². The standard InChI is InChI=1S/C50H36N6/c1-5-29-13-17-33-21-25-41(37(9-1)45(29)33)51-49(52-42-26-22-34-18-14-30-6-2-10-38(42)46(30)34)55-56-50(53-43-27-23-35-19-15-31-7-3-11-39(43)47(31)35)54-44-28-24-36-20-16-32-8-4-12-40(44)48(32)36/h1-14,17-18,21-28H,15-16,19-20H2,(H2,51,52,55)(H2,53,54,56). The molecule has 266 valence electrons. The van der Waals surface area contributed by atoms with Crippen LogP contribution in [0.2, 0.25) is 0 Å². The largest absolute Gasteiger partial charge is 0.324 e. The summed E-state index contributed by atoms with van der Waals surface area (Å²) in [6.45, 7) is 0. The Kier molecular flexibility index (Phi) is 6.78. The zero-order chi connectivity index (χ0) is 36.7. The third kappa shape index (κ3) is 4.89. The summed E-state index contributed by atoms with van der Waals surface area (Å²) < 4.78 is 0. The van der Waals surface area contributed by atoms with Gasteiger partial charge in [0.05, 0.1) is 11.4 Å². The van der Waals surface area contributed by atoms with Crippen molar-refractivity contribution in [2.75, 3.05) is 10.6 Å². The maximum absolute atomic E-state index is 5.34. The molecule has 12 rings (SSSR count). The zero-order valence-corrected chi connectivity index (χ0v) is 30.6. The van der Waals surface area contributed by atoms with Gasteiger partial charge in [0.1, 0.15) is 0 Å². The highest BCUT2D eigenvalue weighted by atomic mass is 15.5. The molecule has 4 aliphatic carbocycles. The molecule has 0 amide bonds. The second-order valence-corrected chi connectivity index (χ2v) is 15.2. The molecule has 56 heavy (non-hydrogen) atoms. The van der Waals surface area contributed by atoms with Crippen molar-refractivity contribution in [2.45, 2.75) is 25.7 Å². The van der Waals surface area contributed by atoms with E-state index in [0.717, 1.165) is 64.6 Å². The predicted molar refractivity (Wildman–Crippen MR) is 236 cm³/mol. The van der Waals surface area contributed by atoms with Crippen LogP contribution in [0.4, 0.5) is 22.7 Å². The molecule has 0 aromatic heterocycles. The van der Waals surface area contributed by atoms with Gasteiger partial charge >= 0.3 is 0 Å². The monoisotopic (exact) mass is 720 g/mol. The Labute approximate surface area is 324 Å². The second kappa shape index (κ2) is 12.2. The van der Waals surface area contributed by atoms with E-state index in [0.29, 0.717) is 11.9 Å². The molecule has 0 fully saturated rings. The van der Waals surface area contributed by atoms with Gasteiger partial charge in [-0.05, 0) is 116 Å². The minimum atomic E-state index is 0.540. The van der Waals surface area contributed by atoms with Crippen LogP contribution in [0.25, 0.3) is 67.4 Å². The molecule has 0 aliphatic heterocycles. The first kappa shape index (κ1) is 31.2. The molecular formula is C50H36N6. The number of hydrazine groups is 1. The number of anilines is 2. The summed E-state index contributed by atoms with van der Waals surface area (Å²) in [7, 11) is 0. The van der Waals surface area contributed by atoms with Crippen LogP contribution in [0.1, 0.15) is 44.5 Å². The van der Waals surface area contributed by atoms with E-state index in [-0.39, 0.29) is 0 Å². The van der Waals surface area contributed by atoms with Crippen LogP contribution in [0.5, 0.6) is 0 Å². The number of nitrogens with zero attached hydrogens (tertiary/aromatic N) is 2. The Bertz CT molecular complexity index is 3050. The van der Waals surface area contributed by atoms with E-state index in [2.05, 4.69) is 167 Å². The van der Waals surface area contributed by atoms with E-state index in [9.17, 15) is 0 Å². The molecule has 4 N–H and O–H groups in total. The second-order valence-electron chi connectivity index (χ2n) is 15.2. The van der Waals surface area contributed by atoms with Crippen molar-refractivity contribution in [3.63, 3.8) is 0 Å². The number of rotatable bonds is 4. The topological polar surface area (TPSA) is 72.8 Å². The molecule has 6 nitrogen and oxygen atoms in total. The van der Waals surface area contributed by atoms with Gasteiger partial charge in [0.25, 0.3) is 0 Å². The van der Waals surface area contributed by atoms with Crippen molar-refractivity contribution in [1.29, 1.82) is 0 Å². The fourth-order valence-corrected chi connectivity index (χ4v) is 9.51. The van der Waals surface area contributed by atoms with Crippen LogP contribution in [0, 0.1) is 0 Å². The molecule has 0 bridgehead atoms. The SMILES string of the molecule is C1=Cc2ccc(N=C(NNC(=Nc3ccc4c5c(cccc35)CC4)Nc3ccc4c5c(cccc35)CC4)Nc3ccc4c5c(cccc35)C=C4)c3cccc1c23. The molecular weight excluding hydrogens is 685 g/mol. The third-order valence-electron chi connectivity index (χ3n) is 12.1. The third-order valence-corrected chi connectivity index (χ3v) is 12.1. The van der Waals surface area contributed by atoms with E-state index < -0.39 is 0 Å². The van der Waals surface area contributed by atoms with Crippen molar-refractivity contribution in [3.8, 4) is 0 Å². The smallest absolute Gasteiger partial charge is 0.220 e. The highest BCUT2D eigenvalue weighted by Gasteiger charge is 2.20. The van der Waals surface area contributed by atoms with Gasteiger partial charge in [-0.2, -0.15) is 0 Å². The van der Waals surface area contributed by atoms with E-state index in [4.69, 9.17) is 9.98 Å². The Balaban J connectivity index is 0.986. The number of nitrogens with one attached hydrogen (secondary N) is 4. The van der Waals surface area contributed by atoms with Gasteiger partial charge in [-0.15, -0.1) is 0 Å². The lowest BCUT2D eigenvalue weighted by Gasteiger charge is -2.19. The summed E-state index contributed by atoms with van der Waals surface area (Å²) in [5, 5.41) is 17.2. The minimum absolute atomic E-state index is 0.540. The molecule has 8 aromatic carbocycles. The number of hydrogen-bond donors (Lipinski definition) is 4. The van der Waals surface area contributed by atoms with Gasteiger partial charge in [-0.25, -0.2) is 9.98 Å². The van der Waals surface area contributed by atoms with Crippen molar-refractivity contribution in [1.82, 2.24) is 10.9 Å². The van der Waals surface area contributed by atoms with Gasteiger partial charge in [0, 0.05) is 32.9 Å². The lowest BCUT2D eigenvalue weighted by molar-refractivity contribution is 0.858. The maximum Gasteiger partial charge on any atom is 0.220 e. The van der Waals surface area contributed by atoms with E-state index in [1.165, 1.54) is 71.4 Å². The number of benzene rings is 8. The Morgan fingerprint density at radius 1 is 0.357 bits per heavy atom. The zero-order valence-electron chi connectivity index (χ0n) is 30.6. The van der Waals surface area contributed by atoms with Crippen LogP contribution in [0.15, 0.2) is 131 Å². The quantitative estimate of drug-likeness (QED) is 0.0830. The fourth-order valence-electron chi connectivity index (χ4n) is 9.51. The van der Waals surface area contributed by atoms with Crippen molar-refractivity contribution in [2.24, 2.45) is 9.98 Å². The first-order chi connectivity index (χ1) is 27.7. The summed E-state index contributed by atoms with van der Waals surface area (Å²) >= 11 is 0. The normalized spacial score (nSPS) is 14.6. The summed E-state index contributed by atoms with van der Waals surface area (Å²) in [5.74, 6) is 1.10. The summed E-state index contributed by atoms with van der Waals surface area (Å²) in [4.78, 5) is 10.7. The predicted octanol–water partition coefficient (Wildman–Crippen LogP) is 11.5. The molecule has 0 atom stereocenters. The van der Waals surface area contributed by atoms with Crippen LogP contribution < -0.4 is 21.5 Å². The van der Waals surface area contributed by atoms with E-state index >= 15 is 0 Å². The number of aryl methyl sites for hydroxylation is 4. The Morgan fingerprint density at radius 2 is 0.750 bits per heavy atom. The van der Waals surface area contributed by atoms with Crippen LogP contribution in [0.3, 0.4) is 0 Å². The van der Waals surface area contributed by atoms with Crippen molar-refractivity contribution >= 4 is 102 Å². The molecule has 6 heteroatoms. The average molecular weight is 721 g/mol. The molecule has 0 unspecified atom stereocenters. The highest BCUT2D eigenvalue weighted by molar-refractivity contribution is 6.15. The maximum atomic E-state index is 5.34. The highest BCUT2D eigenvalue weighted by Crippen LogP contribution is 2.40. The lowest BCUT2D eigenvalue weighted by Crippen LogP contribution is -2.47. The van der Waals surface area contributed by atoms with Gasteiger partial charge in [0.15, 0.2) is 0 Å². The number of hydrogen-bond acceptors (Lipinski definition) is 2. The van der Waals surface area contributed by atoms with Gasteiger partial charge in [0.2, 0.25) is 11.9 Å². The summed E-state index contributed by atoms with van der Waals surface area (Å²) in [5.41, 5.74) is 21.2. The van der Waals surface area contributed by atoms with Crippen molar-refractivity contribution < 1.29 is 0 Å². The molecule has 4 aliphatic rings. The van der Waals surface area contributed by atoms with Crippen LogP contribution in [-0.2, 0) is 25.7 Å². The first-order valence-corrected chi connectivity index (χ1v) is 19.5. The summed E-state index contributed by atoms with van der Waals surface area (Å²) in [6, 6.07) is 43.5. The molecule has 8 aromatic rings. The number of guanidine groups is 2. The lowest BCUT2D eigenvalue weighted by atomic mass is 10.0. The van der Waals surface area contributed by atoms with E-state index in [1.807, 2.05) is 0 Å². The van der Waals surface area contributed by atoms with Gasteiger partial charge in [-0.1, -0.05) is 121 Å². The molecule has 0 spiro atoms. The van der Waals surface area contributed by atoms with Crippen molar-refractivity contribution in [3.05, 3.63) is 166 Å². The molecule has 0 saturated carbocycles. The van der Waals surface area contributed by atoms with Gasteiger partial charge in [-0.3, -0.25) is 10.9 Å². The average Bonchev–Trinajstić information content (AvgIpc) is 4.05. The van der Waals surface area contributed by atoms with Crippen LogP contribution >= 0.6 is 0 Å². The Morgan fingerprint density at radius 3 is 1.36 bits per heavy atom. The molecule has 0 radical (unpaired) electrons. The van der Waals surface area contributed by atoms with Gasteiger partial charge < -0.3 is 10.6 Å². The first-order valence-electron chi connectivity index (χ1n) is 19.5. The van der Waals surface area contributed by atoms with Crippen LogP contribution in [-0.4, -0.2) is 11.9 Å². The summed E-state index contributed by atoms with van der Waals surface area (Å²) in [6.07, 6.45) is 13.0. The Hall–Kier alpha value is -7.18. The minimum Gasteiger partial charge on any atom is -0.324 e. The molecule has 0 saturated heterocycles. The fraction of sp³-hybridized carbons (Fsp3) is 0.0800. The number of aliphatic imine (C=N–C) groups is 2.